The molecule has 2 aromatic heterocycles. The molecule has 2 heterocycles. The Balaban J connectivity index is 2.26. The molecule has 0 saturated heterocycles. The van der Waals surface area contributed by atoms with Crippen LogP contribution in [0.25, 0.3) is 11.0 Å². The van der Waals surface area contributed by atoms with Crippen molar-refractivity contribution in [2.24, 2.45) is 5.73 Å². The highest BCUT2D eigenvalue weighted by molar-refractivity contribution is 6.17. The second-order valence-corrected chi connectivity index (χ2v) is 4.03. The van der Waals surface area contributed by atoms with Crippen LogP contribution < -0.4 is 5.73 Å². The summed E-state index contributed by atoms with van der Waals surface area (Å²) in [6, 6.07) is 1.87. The first-order valence-electron chi connectivity index (χ1n) is 5.49. The second kappa shape index (κ2) is 5.68. The number of primary amides is 1. The lowest BCUT2D eigenvalue weighted by Gasteiger charge is -2.08. The lowest BCUT2D eigenvalue weighted by Crippen LogP contribution is -2.17. The second-order valence-electron chi connectivity index (χ2n) is 3.65. The zero-order valence-corrected chi connectivity index (χ0v) is 10.4. The number of aromatic nitrogens is 3. The van der Waals surface area contributed by atoms with Crippen molar-refractivity contribution in [2.75, 3.05) is 12.5 Å². The average molecular weight is 269 g/mol. The number of carbonyl (C=O) groups is 1. The molecule has 0 aliphatic rings. The third kappa shape index (κ3) is 2.70. The molecule has 0 radical (unpaired) electrons. The van der Waals surface area contributed by atoms with Crippen LogP contribution in [0.5, 0.6) is 0 Å². The maximum atomic E-state index is 10.5. The van der Waals surface area contributed by atoms with Crippen LogP contribution in [0.4, 0.5) is 4.79 Å². The van der Waals surface area contributed by atoms with Crippen LogP contribution in [0.2, 0.25) is 0 Å². The normalized spacial score (nSPS) is 10.7. The number of alkyl halides is 1. The fraction of sp³-hybridized carbons (Fsp3) is 0.364. The van der Waals surface area contributed by atoms with Gasteiger partial charge in [0.15, 0.2) is 0 Å². The van der Waals surface area contributed by atoms with Gasteiger partial charge in [0.2, 0.25) is 0 Å². The maximum absolute atomic E-state index is 10.5. The molecule has 96 valence electrons. The molecule has 0 aromatic carbocycles. The van der Waals surface area contributed by atoms with E-state index in [1.807, 2.05) is 10.6 Å². The van der Waals surface area contributed by atoms with E-state index in [9.17, 15) is 4.79 Å². The quantitative estimate of drug-likeness (QED) is 0.829. The molecule has 0 atom stereocenters. The number of halogens is 1. The molecule has 2 N–H and O–H groups in total. The minimum atomic E-state index is -0.778. The van der Waals surface area contributed by atoms with E-state index in [2.05, 4.69) is 9.97 Å². The van der Waals surface area contributed by atoms with E-state index in [4.69, 9.17) is 22.1 Å². The van der Waals surface area contributed by atoms with Crippen LogP contribution >= 0.6 is 11.6 Å². The summed E-state index contributed by atoms with van der Waals surface area (Å²) in [7, 11) is 0. The van der Waals surface area contributed by atoms with Crippen molar-refractivity contribution in [1.29, 1.82) is 0 Å². The van der Waals surface area contributed by atoms with Gasteiger partial charge in [-0.25, -0.2) is 9.78 Å². The molecule has 2 rings (SSSR count). The number of aryl methyl sites for hydroxylation is 1. The molecule has 18 heavy (non-hydrogen) atoms. The van der Waals surface area contributed by atoms with Gasteiger partial charge >= 0.3 is 6.09 Å². The number of hydrogen-bond donors (Lipinski definition) is 1. The molecule has 0 spiro atoms. The van der Waals surface area contributed by atoms with E-state index in [1.54, 1.807) is 12.4 Å². The van der Waals surface area contributed by atoms with Gasteiger partial charge in [-0.2, -0.15) is 0 Å². The summed E-state index contributed by atoms with van der Waals surface area (Å²) in [5, 5.41) is 0. The van der Waals surface area contributed by atoms with Crippen molar-refractivity contribution in [2.45, 2.75) is 13.0 Å². The lowest BCUT2D eigenvalue weighted by molar-refractivity contribution is 0.152. The van der Waals surface area contributed by atoms with Gasteiger partial charge in [0, 0.05) is 18.5 Å². The number of fused-ring (bicyclic) bond motifs is 1. The summed E-state index contributed by atoms with van der Waals surface area (Å²) in [6.45, 7) is 0.702. The fourth-order valence-corrected chi connectivity index (χ4v) is 1.96. The highest BCUT2D eigenvalue weighted by Gasteiger charge is 2.10. The highest BCUT2D eigenvalue weighted by Crippen LogP contribution is 2.15. The van der Waals surface area contributed by atoms with Crippen LogP contribution in [0.15, 0.2) is 18.5 Å². The number of amides is 1. The number of pyridine rings is 1. The Morgan fingerprint density at radius 3 is 3.11 bits per heavy atom. The van der Waals surface area contributed by atoms with Gasteiger partial charge in [-0.05, 0) is 6.07 Å². The van der Waals surface area contributed by atoms with Crippen LogP contribution in [-0.2, 0) is 17.7 Å². The van der Waals surface area contributed by atoms with Gasteiger partial charge in [-0.1, -0.05) is 0 Å². The van der Waals surface area contributed by atoms with E-state index in [1.165, 1.54) is 0 Å². The van der Waals surface area contributed by atoms with E-state index in [0.717, 1.165) is 16.9 Å². The molecule has 0 bridgehead atoms. The molecule has 1 amide bonds. The monoisotopic (exact) mass is 268 g/mol. The number of hydrogen-bond acceptors (Lipinski definition) is 4. The highest BCUT2D eigenvalue weighted by atomic mass is 35.5. The Labute approximate surface area is 109 Å². The van der Waals surface area contributed by atoms with Crippen LogP contribution in [0.3, 0.4) is 0 Å². The standard InChI is InChI=1S/C11H13ClN4O2/c12-3-1-10-15-8-7-14-4-2-9(8)16(10)5-6-18-11(13)17/h2,4,7H,1,3,5-6H2,(H2,13,17). The predicted molar refractivity (Wildman–Crippen MR) is 67.5 cm³/mol. The number of imidazole rings is 1. The topological polar surface area (TPSA) is 83.0 Å². The van der Waals surface area contributed by atoms with E-state index in [0.29, 0.717) is 18.8 Å². The summed E-state index contributed by atoms with van der Waals surface area (Å²) >= 11 is 5.75. The van der Waals surface area contributed by atoms with Crippen molar-refractivity contribution in [3.63, 3.8) is 0 Å². The number of rotatable bonds is 5. The van der Waals surface area contributed by atoms with Crippen molar-refractivity contribution in [3.8, 4) is 0 Å². The molecule has 0 fully saturated rings. The van der Waals surface area contributed by atoms with Crippen molar-refractivity contribution in [1.82, 2.24) is 14.5 Å². The summed E-state index contributed by atoms with van der Waals surface area (Å²) in [6.07, 6.45) is 3.26. The number of ether oxygens (including phenoxy) is 1. The SMILES string of the molecule is NC(=O)OCCn1c(CCCl)nc2cnccc21. The zero-order chi connectivity index (χ0) is 13.0. The largest absolute Gasteiger partial charge is 0.448 e. The zero-order valence-electron chi connectivity index (χ0n) is 9.67. The molecule has 0 saturated carbocycles. The van der Waals surface area contributed by atoms with Gasteiger partial charge in [0.05, 0.1) is 18.3 Å². The van der Waals surface area contributed by atoms with Crippen LogP contribution in [-0.4, -0.2) is 33.1 Å². The summed E-state index contributed by atoms with van der Waals surface area (Å²) < 4.78 is 6.70. The maximum Gasteiger partial charge on any atom is 0.404 e. The summed E-state index contributed by atoms with van der Waals surface area (Å²) in [4.78, 5) is 19.0. The Hall–Kier alpha value is -1.82. The van der Waals surface area contributed by atoms with E-state index < -0.39 is 6.09 Å². The number of nitrogens with zero attached hydrogens (tertiary/aromatic N) is 3. The van der Waals surface area contributed by atoms with Crippen molar-refractivity contribution >= 4 is 28.7 Å². The first-order chi connectivity index (χ1) is 8.72. The lowest BCUT2D eigenvalue weighted by atomic mass is 10.4. The Bertz CT molecular complexity index is 555. The van der Waals surface area contributed by atoms with Gasteiger partial charge in [0.25, 0.3) is 0 Å². The van der Waals surface area contributed by atoms with Gasteiger partial charge in [-0.15, -0.1) is 11.6 Å². The van der Waals surface area contributed by atoms with Gasteiger partial charge < -0.3 is 15.0 Å². The molecule has 6 nitrogen and oxygen atoms in total. The van der Waals surface area contributed by atoms with E-state index in [-0.39, 0.29) is 6.61 Å². The van der Waals surface area contributed by atoms with Crippen molar-refractivity contribution in [3.05, 3.63) is 24.3 Å². The Morgan fingerprint density at radius 2 is 2.39 bits per heavy atom. The third-order valence-corrected chi connectivity index (χ3v) is 2.70. The molecule has 2 aromatic rings. The number of carbonyl (C=O) groups excluding carboxylic acids is 1. The summed E-state index contributed by atoms with van der Waals surface area (Å²) in [5.41, 5.74) is 6.67. The fourth-order valence-electron chi connectivity index (χ4n) is 1.79. The predicted octanol–water partition coefficient (Wildman–Crippen LogP) is 1.31. The molecule has 0 unspecified atom stereocenters. The molecule has 7 heteroatoms. The van der Waals surface area contributed by atoms with Crippen molar-refractivity contribution < 1.29 is 9.53 Å². The minimum absolute atomic E-state index is 0.207. The minimum Gasteiger partial charge on any atom is -0.448 e. The smallest absolute Gasteiger partial charge is 0.404 e. The Kier molecular flexibility index (Phi) is 3.99. The number of nitrogens with two attached hydrogens (primary N) is 1. The average Bonchev–Trinajstić information content (AvgIpc) is 2.68. The Morgan fingerprint density at radius 1 is 1.56 bits per heavy atom. The van der Waals surface area contributed by atoms with Crippen LogP contribution in [0, 0.1) is 0 Å². The van der Waals surface area contributed by atoms with Gasteiger partial charge in [0.1, 0.15) is 17.9 Å². The first-order valence-corrected chi connectivity index (χ1v) is 6.03. The third-order valence-electron chi connectivity index (χ3n) is 2.51. The first kappa shape index (κ1) is 12.6. The molecule has 0 aliphatic carbocycles. The molecular weight excluding hydrogens is 256 g/mol. The van der Waals surface area contributed by atoms with Gasteiger partial charge in [-0.3, -0.25) is 4.98 Å². The summed E-state index contributed by atoms with van der Waals surface area (Å²) in [5.74, 6) is 1.33. The molecule has 0 aliphatic heterocycles. The molecular formula is C11H13ClN4O2. The van der Waals surface area contributed by atoms with E-state index >= 15 is 0 Å². The van der Waals surface area contributed by atoms with Crippen LogP contribution in [0.1, 0.15) is 5.82 Å².